The lowest BCUT2D eigenvalue weighted by Crippen LogP contribution is -2.08. The number of thioether (sulfide) groups is 1. The fourth-order valence-corrected chi connectivity index (χ4v) is 3.26. The van der Waals surface area contributed by atoms with Gasteiger partial charge >= 0.3 is 6.18 Å². The van der Waals surface area contributed by atoms with E-state index in [1.807, 2.05) is 0 Å². The van der Waals surface area contributed by atoms with E-state index in [0.29, 0.717) is 11.3 Å². The summed E-state index contributed by atoms with van der Waals surface area (Å²) in [4.78, 5) is 22.9. The molecule has 0 amide bonds. The van der Waals surface area contributed by atoms with Gasteiger partial charge in [0.1, 0.15) is 11.0 Å². The average Bonchev–Trinajstić information content (AvgIpc) is 2.59. The number of rotatable bonds is 6. The van der Waals surface area contributed by atoms with Crippen molar-refractivity contribution in [1.29, 1.82) is 0 Å². The monoisotopic (exact) mass is 401 g/mol. The normalized spacial score (nSPS) is 12.5. The van der Waals surface area contributed by atoms with Crippen LogP contribution >= 0.6 is 11.8 Å². The third-order valence-corrected chi connectivity index (χ3v) is 5.15. The zero-order valence-electron chi connectivity index (χ0n) is 13.5. The van der Waals surface area contributed by atoms with Crippen LogP contribution < -0.4 is 4.72 Å². The Morgan fingerprint density at radius 2 is 1.62 bits per heavy atom. The van der Waals surface area contributed by atoms with E-state index in [0.717, 1.165) is 36.0 Å². The van der Waals surface area contributed by atoms with Crippen LogP contribution in [0, 0.1) is 0 Å². The van der Waals surface area contributed by atoms with E-state index in [9.17, 15) is 27.0 Å². The molecule has 0 spiro atoms. The maximum Gasteiger partial charge on any atom is 0.416 e. The first-order valence-electron chi connectivity index (χ1n) is 7.29. The molecule has 4 nitrogen and oxygen atoms in total. The predicted octanol–water partition coefficient (Wildman–Crippen LogP) is 4.30. The lowest BCUT2D eigenvalue weighted by atomic mass is 10.1. The van der Waals surface area contributed by atoms with E-state index in [1.165, 1.54) is 31.2 Å². The molecule has 0 aliphatic carbocycles. The lowest BCUT2D eigenvalue weighted by Gasteiger charge is -2.09. The van der Waals surface area contributed by atoms with Gasteiger partial charge in [-0.25, -0.2) is 4.21 Å². The van der Waals surface area contributed by atoms with Gasteiger partial charge < -0.3 is 4.72 Å². The number of hydrogen-bond acceptors (Lipinski definition) is 4. The molecule has 26 heavy (non-hydrogen) atoms. The highest BCUT2D eigenvalue weighted by atomic mass is 32.2. The first kappa shape index (κ1) is 20.2. The molecule has 0 fully saturated rings. The summed E-state index contributed by atoms with van der Waals surface area (Å²) in [5.41, 5.74) is 0.0353. The molecule has 0 aromatic heterocycles. The van der Waals surface area contributed by atoms with Gasteiger partial charge in [0.15, 0.2) is 10.9 Å². The Morgan fingerprint density at radius 1 is 1.04 bits per heavy atom. The second-order valence-electron chi connectivity index (χ2n) is 5.17. The van der Waals surface area contributed by atoms with Crippen molar-refractivity contribution in [2.75, 3.05) is 10.5 Å². The highest BCUT2D eigenvalue weighted by molar-refractivity contribution is 8.14. The van der Waals surface area contributed by atoms with Crippen LogP contribution in [0.1, 0.15) is 22.8 Å². The fraction of sp³-hybridized carbons (Fsp3) is 0.176. The highest BCUT2D eigenvalue weighted by Crippen LogP contribution is 2.29. The van der Waals surface area contributed by atoms with Gasteiger partial charge in [0.25, 0.3) is 0 Å². The lowest BCUT2D eigenvalue weighted by molar-refractivity contribution is -0.137. The average molecular weight is 401 g/mol. The molecule has 0 saturated carbocycles. The number of alkyl halides is 3. The molecule has 2 rings (SSSR count). The topological polar surface area (TPSA) is 63.2 Å². The zero-order chi connectivity index (χ0) is 19.3. The number of anilines is 1. The van der Waals surface area contributed by atoms with Crippen LogP contribution in [0.2, 0.25) is 0 Å². The summed E-state index contributed by atoms with van der Waals surface area (Å²) >= 11 is 0.916. The summed E-state index contributed by atoms with van der Waals surface area (Å²) in [7, 11) is -1.75. The van der Waals surface area contributed by atoms with Gasteiger partial charge in [0.2, 0.25) is 0 Å². The van der Waals surface area contributed by atoms with Gasteiger partial charge in [-0.2, -0.15) is 13.2 Å². The number of carbonyl (C=O) groups is 2. The van der Waals surface area contributed by atoms with Gasteiger partial charge in [-0.3, -0.25) is 9.59 Å². The minimum atomic E-state index is -4.45. The van der Waals surface area contributed by atoms with Crippen LogP contribution in [-0.2, 0) is 22.0 Å². The zero-order valence-corrected chi connectivity index (χ0v) is 15.1. The van der Waals surface area contributed by atoms with E-state index < -0.39 is 22.7 Å². The molecular weight excluding hydrogens is 387 g/mol. The largest absolute Gasteiger partial charge is 0.416 e. The maximum atomic E-state index is 12.5. The minimum Gasteiger partial charge on any atom is -0.301 e. The van der Waals surface area contributed by atoms with Crippen molar-refractivity contribution in [3.05, 3.63) is 59.7 Å². The van der Waals surface area contributed by atoms with Crippen molar-refractivity contribution in [3.8, 4) is 0 Å². The predicted molar refractivity (Wildman–Crippen MR) is 95.4 cm³/mol. The molecule has 1 N–H and O–H groups in total. The van der Waals surface area contributed by atoms with Crippen LogP contribution in [0.3, 0.4) is 0 Å². The molecule has 0 radical (unpaired) electrons. The van der Waals surface area contributed by atoms with Crippen molar-refractivity contribution >= 4 is 39.3 Å². The summed E-state index contributed by atoms with van der Waals surface area (Å²) in [6.07, 6.45) is -4.45. The molecule has 1 atom stereocenters. The molecule has 9 heteroatoms. The minimum absolute atomic E-state index is 0.0413. The number of halogens is 3. The van der Waals surface area contributed by atoms with Gasteiger partial charge in [-0.05, 0) is 48.5 Å². The Bertz CT molecular complexity index is 819. The molecule has 0 heterocycles. The van der Waals surface area contributed by atoms with Crippen LogP contribution in [0.5, 0.6) is 0 Å². The highest BCUT2D eigenvalue weighted by Gasteiger charge is 2.30. The fourth-order valence-electron chi connectivity index (χ4n) is 1.91. The van der Waals surface area contributed by atoms with Crippen LogP contribution in [0.15, 0.2) is 53.4 Å². The van der Waals surface area contributed by atoms with E-state index in [-0.39, 0.29) is 21.5 Å². The van der Waals surface area contributed by atoms with Crippen molar-refractivity contribution in [1.82, 2.24) is 0 Å². The van der Waals surface area contributed by atoms with E-state index in [2.05, 4.69) is 4.72 Å². The van der Waals surface area contributed by atoms with Crippen molar-refractivity contribution in [3.63, 3.8) is 0 Å². The molecule has 0 bridgehead atoms. The van der Waals surface area contributed by atoms with E-state index in [4.69, 9.17) is 0 Å². The second kappa shape index (κ2) is 8.50. The van der Waals surface area contributed by atoms with Gasteiger partial charge in [0, 0.05) is 18.2 Å². The van der Waals surface area contributed by atoms with Crippen LogP contribution in [-0.4, -0.2) is 20.9 Å². The Morgan fingerprint density at radius 3 is 2.12 bits per heavy atom. The van der Waals surface area contributed by atoms with E-state index >= 15 is 0 Å². The summed E-state index contributed by atoms with van der Waals surface area (Å²) < 4.78 is 52.4. The van der Waals surface area contributed by atoms with Crippen LogP contribution in [0.25, 0.3) is 0 Å². The molecule has 2 aromatic carbocycles. The van der Waals surface area contributed by atoms with Crippen LogP contribution in [0.4, 0.5) is 18.9 Å². The molecule has 2 aromatic rings. The Kier molecular flexibility index (Phi) is 6.60. The third-order valence-electron chi connectivity index (χ3n) is 3.22. The standard InChI is InChI=1S/C17H14F3NO3S2/c1-11(22)25-10-16(23)12-2-6-14(7-3-12)21-26(24)15-8-4-13(5-9-15)17(18,19)20/h2-9,21H,10H2,1H3. The van der Waals surface area contributed by atoms with Crippen molar-refractivity contribution in [2.45, 2.75) is 18.0 Å². The van der Waals surface area contributed by atoms with Gasteiger partial charge in [-0.15, -0.1) is 0 Å². The first-order chi connectivity index (χ1) is 12.2. The smallest absolute Gasteiger partial charge is 0.301 e. The van der Waals surface area contributed by atoms with Crippen molar-refractivity contribution < 1.29 is 27.0 Å². The van der Waals surface area contributed by atoms with Crippen molar-refractivity contribution in [2.24, 2.45) is 0 Å². The van der Waals surface area contributed by atoms with Gasteiger partial charge in [0.05, 0.1) is 16.2 Å². The summed E-state index contributed by atoms with van der Waals surface area (Å²) in [5.74, 6) is -0.167. The SMILES string of the molecule is CC(=O)SCC(=O)c1ccc(NS(=O)c2ccc(C(F)(F)F)cc2)cc1. The maximum absolute atomic E-state index is 12.5. The number of ketones is 1. The quantitative estimate of drug-likeness (QED) is 0.733. The molecule has 138 valence electrons. The second-order valence-corrected chi connectivity index (χ2v) is 7.54. The number of benzene rings is 2. The molecule has 0 saturated heterocycles. The summed E-state index contributed by atoms with van der Waals surface area (Å²) in [6.45, 7) is 1.38. The number of Topliss-reactive ketones (excluding diaryl/α,β-unsaturated/α-hetero) is 1. The van der Waals surface area contributed by atoms with E-state index in [1.54, 1.807) is 0 Å². The third kappa shape index (κ3) is 5.70. The number of nitrogens with one attached hydrogen (secondary N) is 1. The number of carbonyl (C=O) groups excluding carboxylic acids is 2. The summed E-state index contributed by atoms with van der Waals surface area (Å²) in [5, 5.41) is -0.149. The molecule has 1 unspecified atom stereocenters. The Hall–Kier alpha value is -2.13. The van der Waals surface area contributed by atoms with Gasteiger partial charge in [-0.1, -0.05) is 11.8 Å². The Balaban J connectivity index is 2.01. The first-order valence-corrected chi connectivity index (χ1v) is 9.42. The number of hydrogen-bond donors (Lipinski definition) is 1. The molecule has 0 aliphatic rings. The molecular formula is C17H14F3NO3S2. The molecule has 0 aliphatic heterocycles. The Labute approximate surface area is 154 Å². The summed E-state index contributed by atoms with van der Waals surface area (Å²) in [6, 6.07) is 10.1.